The Bertz CT molecular complexity index is 889. The van der Waals surface area contributed by atoms with Crippen LogP contribution in [0.2, 0.25) is 0 Å². The summed E-state index contributed by atoms with van der Waals surface area (Å²) in [6.07, 6.45) is 1.52. The minimum atomic E-state index is -0.444. The zero-order valence-corrected chi connectivity index (χ0v) is 16.3. The van der Waals surface area contributed by atoms with Gasteiger partial charge in [0.1, 0.15) is 0 Å². The molecular formula is C17H14BrN3O5S. The van der Waals surface area contributed by atoms with Crippen molar-refractivity contribution >= 4 is 45.5 Å². The molecule has 0 fully saturated rings. The Morgan fingerprint density at radius 2 is 2.00 bits per heavy atom. The molecule has 0 radical (unpaired) electrons. The lowest BCUT2D eigenvalue weighted by atomic mass is 10.2. The SMILES string of the molecule is O=C(CSCc1ccc([N+](=O)[O-])cc1)NN=Cc1cc2c(cc1Br)OCO2. The van der Waals surface area contributed by atoms with Gasteiger partial charge in [0.2, 0.25) is 12.7 Å². The molecule has 27 heavy (non-hydrogen) atoms. The van der Waals surface area contributed by atoms with Crippen LogP contribution < -0.4 is 14.9 Å². The van der Waals surface area contributed by atoms with Crippen LogP contribution in [0.25, 0.3) is 0 Å². The van der Waals surface area contributed by atoms with Crippen LogP contribution in [0.1, 0.15) is 11.1 Å². The van der Waals surface area contributed by atoms with Crippen molar-refractivity contribution in [3.8, 4) is 11.5 Å². The lowest BCUT2D eigenvalue weighted by Crippen LogP contribution is -2.19. The number of rotatable bonds is 7. The van der Waals surface area contributed by atoms with Gasteiger partial charge in [-0.3, -0.25) is 14.9 Å². The molecular weight excluding hydrogens is 438 g/mol. The van der Waals surface area contributed by atoms with Crippen molar-refractivity contribution in [3.05, 3.63) is 62.1 Å². The molecule has 1 aliphatic rings. The average Bonchev–Trinajstić information content (AvgIpc) is 3.09. The van der Waals surface area contributed by atoms with Crippen molar-refractivity contribution in [1.82, 2.24) is 5.43 Å². The summed E-state index contributed by atoms with van der Waals surface area (Å²) in [4.78, 5) is 22.0. The van der Waals surface area contributed by atoms with Crippen LogP contribution in [-0.2, 0) is 10.5 Å². The van der Waals surface area contributed by atoms with E-state index in [1.54, 1.807) is 24.3 Å². The van der Waals surface area contributed by atoms with E-state index in [4.69, 9.17) is 9.47 Å². The number of benzene rings is 2. The quantitative estimate of drug-likeness (QED) is 0.392. The summed E-state index contributed by atoms with van der Waals surface area (Å²) in [5.41, 5.74) is 4.17. The van der Waals surface area contributed by atoms with Crippen LogP contribution in [0.5, 0.6) is 11.5 Å². The van der Waals surface area contributed by atoms with E-state index in [-0.39, 0.29) is 24.1 Å². The van der Waals surface area contributed by atoms with Gasteiger partial charge in [0.05, 0.1) is 16.9 Å². The number of halogens is 1. The number of nitrogens with one attached hydrogen (secondary N) is 1. The van der Waals surface area contributed by atoms with Gasteiger partial charge in [0, 0.05) is 27.9 Å². The molecule has 0 spiro atoms. The van der Waals surface area contributed by atoms with Crippen LogP contribution >= 0.6 is 27.7 Å². The molecule has 0 aliphatic carbocycles. The topological polar surface area (TPSA) is 103 Å². The van der Waals surface area contributed by atoms with E-state index in [2.05, 4.69) is 26.5 Å². The summed E-state index contributed by atoms with van der Waals surface area (Å²) in [6, 6.07) is 9.81. The Morgan fingerprint density at radius 1 is 1.30 bits per heavy atom. The van der Waals surface area contributed by atoms with Crippen molar-refractivity contribution in [2.24, 2.45) is 5.10 Å². The monoisotopic (exact) mass is 451 g/mol. The Morgan fingerprint density at radius 3 is 2.70 bits per heavy atom. The molecule has 1 heterocycles. The molecule has 0 bridgehead atoms. The summed E-state index contributed by atoms with van der Waals surface area (Å²) < 4.78 is 11.4. The molecule has 0 unspecified atom stereocenters. The van der Waals surface area contributed by atoms with E-state index in [1.807, 2.05) is 0 Å². The number of carbonyl (C=O) groups excluding carboxylic acids is 1. The van der Waals surface area contributed by atoms with Gasteiger partial charge in [0.25, 0.3) is 5.69 Å². The van der Waals surface area contributed by atoms with E-state index in [0.29, 0.717) is 17.3 Å². The second kappa shape index (κ2) is 8.87. The van der Waals surface area contributed by atoms with E-state index in [0.717, 1.165) is 15.6 Å². The summed E-state index contributed by atoms with van der Waals surface area (Å²) in [6.45, 7) is 0.186. The number of nitro benzene ring substituents is 1. The third-order valence-corrected chi connectivity index (χ3v) is 5.22. The zero-order chi connectivity index (χ0) is 19.2. The van der Waals surface area contributed by atoms with Crippen molar-refractivity contribution in [2.75, 3.05) is 12.5 Å². The second-order valence-electron chi connectivity index (χ2n) is 5.44. The number of carbonyl (C=O) groups is 1. The number of thioether (sulfide) groups is 1. The van der Waals surface area contributed by atoms with Gasteiger partial charge >= 0.3 is 0 Å². The highest BCUT2D eigenvalue weighted by atomic mass is 79.9. The molecule has 10 heteroatoms. The van der Waals surface area contributed by atoms with Crippen molar-refractivity contribution < 1.29 is 19.2 Å². The fourth-order valence-electron chi connectivity index (χ4n) is 2.21. The van der Waals surface area contributed by atoms with Crippen LogP contribution in [0.3, 0.4) is 0 Å². The Labute approximate surface area is 167 Å². The maximum atomic E-state index is 11.8. The van der Waals surface area contributed by atoms with E-state index >= 15 is 0 Å². The predicted octanol–water partition coefficient (Wildman–Crippen LogP) is 3.47. The predicted molar refractivity (Wildman–Crippen MR) is 105 cm³/mol. The van der Waals surface area contributed by atoms with Gasteiger partial charge in [-0.15, -0.1) is 11.8 Å². The first-order valence-electron chi connectivity index (χ1n) is 7.75. The van der Waals surface area contributed by atoms with Gasteiger partial charge in [0.15, 0.2) is 11.5 Å². The first kappa shape index (κ1) is 19.2. The maximum Gasteiger partial charge on any atom is 0.269 e. The molecule has 8 nitrogen and oxygen atoms in total. The minimum absolute atomic E-state index is 0.0468. The lowest BCUT2D eigenvalue weighted by molar-refractivity contribution is -0.384. The van der Waals surface area contributed by atoms with Gasteiger partial charge in [-0.05, 0) is 33.6 Å². The van der Waals surface area contributed by atoms with Crippen LogP contribution in [0.4, 0.5) is 5.69 Å². The highest BCUT2D eigenvalue weighted by molar-refractivity contribution is 9.10. The molecule has 1 aliphatic heterocycles. The molecule has 2 aromatic rings. The van der Waals surface area contributed by atoms with E-state index in [1.165, 1.54) is 30.1 Å². The Hall–Kier alpha value is -2.59. The molecule has 140 valence electrons. The van der Waals surface area contributed by atoms with E-state index < -0.39 is 4.92 Å². The number of fused-ring (bicyclic) bond motifs is 1. The van der Waals surface area contributed by atoms with Crippen molar-refractivity contribution in [1.29, 1.82) is 0 Å². The molecule has 0 saturated heterocycles. The minimum Gasteiger partial charge on any atom is -0.454 e. The van der Waals surface area contributed by atoms with Crippen LogP contribution in [0, 0.1) is 10.1 Å². The largest absolute Gasteiger partial charge is 0.454 e. The number of hydrazone groups is 1. The number of non-ortho nitro benzene ring substituents is 1. The standard InChI is InChI=1S/C17H14BrN3O5S/c18-14-6-16-15(25-10-26-16)5-12(14)7-19-20-17(22)9-27-8-11-1-3-13(4-2-11)21(23)24/h1-7H,8-10H2,(H,20,22). The van der Waals surface area contributed by atoms with Gasteiger partial charge in [-0.2, -0.15) is 5.10 Å². The lowest BCUT2D eigenvalue weighted by Gasteiger charge is -2.03. The molecule has 0 saturated carbocycles. The number of ether oxygens (including phenoxy) is 2. The first-order valence-corrected chi connectivity index (χ1v) is 9.70. The second-order valence-corrected chi connectivity index (χ2v) is 7.28. The molecule has 0 atom stereocenters. The fraction of sp³-hybridized carbons (Fsp3) is 0.176. The molecule has 2 aromatic carbocycles. The summed E-state index contributed by atoms with van der Waals surface area (Å²) in [5.74, 6) is 1.84. The highest BCUT2D eigenvalue weighted by Gasteiger charge is 2.15. The van der Waals surface area contributed by atoms with Crippen LogP contribution in [0.15, 0.2) is 46.0 Å². The molecule has 1 amide bonds. The number of amides is 1. The Kier molecular flexibility index (Phi) is 6.30. The maximum absolute atomic E-state index is 11.8. The first-order chi connectivity index (χ1) is 13.0. The number of hydrogen-bond donors (Lipinski definition) is 1. The zero-order valence-electron chi connectivity index (χ0n) is 13.9. The van der Waals surface area contributed by atoms with Crippen molar-refractivity contribution in [2.45, 2.75) is 5.75 Å². The molecule has 3 rings (SSSR count). The summed E-state index contributed by atoms with van der Waals surface area (Å²) >= 11 is 4.81. The third-order valence-electron chi connectivity index (χ3n) is 3.53. The fourth-order valence-corrected chi connectivity index (χ4v) is 3.42. The summed E-state index contributed by atoms with van der Waals surface area (Å²) in [7, 11) is 0. The number of nitro groups is 1. The van der Waals surface area contributed by atoms with E-state index in [9.17, 15) is 14.9 Å². The molecule has 0 aromatic heterocycles. The highest BCUT2D eigenvalue weighted by Crippen LogP contribution is 2.36. The third kappa shape index (κ3) is 5.20. The average molecular weight is 452 g/mol. The summed E-state index contributed by atoms with van der Waals surface area (Å²) in [5, 5.41) is 14.6. The number of hydrogen-bond acceptors (Lipinski definition) is 7. The van der Waals surface area contributed by atoms with Gasteiger partial charge < -0.3 is 9.47 Å². The molecule has 1 N–H and O–H groups in total. The number of nitrogens with zero attached hydrogens (tertiary/aromatic N) is 2. The smallest absolute Gasteiger partial charge is 0.269 e. The Balaban J connectivity index is 1.44. The van der Waals surface area contributed by atoms with Crippen molar-refractivity contribution in [3.63, 3.8) is 0 Å². The van der Waals surface area contributed by atoms with Gasteiger partial charge in [-0.1, -0.05) is 12.1 Å². The van der Waals surface area contributed by atoms with Crippen LogP contribution in [-0.4, -0.2) is 29.6 Å². The normalized spacial score (nSPS) is 12.3. The van der Waals surface area contributed by atoms with Gasteiger partial charge in [-0.25, -0.2) is 5.43 Å².